The van der Waals surface area contributed by atoms with E-state index in [1.165, 1.54) is 12.1 Å². The number of alkyl halides is 1. The first-order chi connectivity index (χ1) is 16.1. The van der Waals surface area contributed by atoms with Crippen LogP contribution in [0.5, 0.6) is 0 Å². The summed E-state index contributed by atoms with van der Waals surface area (Å²) in [6.45, 7) is 4.00. The van der Waals surface area contributed by atoms with Gasteiger partial charge in [-0.3, -0.25) is 4.57 Å². The Morgan fingerprint density at radius 2 is 1.64 bits per heavy atom. The fraction of sp³-hybridized carbons (Fsp3) is 0.115. The molecule has 0 radical (unpaired) electrons. The van der Waals surface area contributed by atoms with E-state index in [-0.39, 0.29) is 5.82 Å². The number of hydrogen-bond donors (Lipinski definition) is 1. The lowest BCUT2D eigenvalue weighted by Gasteiger charge is -2.11. The zero-order valence-corrected chi connectivity index (χ0v) is 19.1. The number of anilines is 1. The summed E-state index contributed by atoms with van der Waals surface area (Å²) in [6, 6.07) is 21.6. The molecule has 7 heteroatoms. The molecule has 166 valence electrons. The minimum Gasteiger partial charge on any atom is -0.383 e. The van der Waals surface area contributed by atoms with Crippen molar-refractivity contribution < 1.29 is 4.39 Å². The molecule has 2 N–H and O–H groups in total. The van der Waals surface area contributed by atoms with E-state index >= 15 is 0 Å². The van der Waals surface area contributed by atoms with Gasteiger partial charge in [-0.05, 0) is 66.2 Å². The molecule has 0 atom stereocenters. The van der Waals surface area contributed by atoms with Gasteiger partial charge in [-0.25, -0.2) is 19.3 Å². The maximum atomic E-state index is 13.4. The van der Waals surface area contributed by atoms with E-state index < -0.39 is 0 Å². The van der Waals surface area contributed by atoms with Crippen LogP contribution >= 0.6 is 11.6 Å². The highest BCUT2D eigenvalue weighted by Crippen LogP contribution is 2.31. The number of hydrogen-bond acceptors (Lipinski definition) is 4. The Hall–Kier alpha value is -3.77. The van der Waals surface area contributed by atoms with Crippen LogP contribution in [-0.4, -0.2) is 19.5 Å². The van der Waals surface area contributed by atoms with Crippen LogP contribution in [0.25, 0.3) is 39.5 Å². The van der Waals surface area contributed by atoms with Gasteiger partial charge in [-0.2, -0.15) is 0 Å². The number of benzene rings is 2. The monoisotopic (exact) mass is 459 g/mol. The van der Waals surface area contributed by atoms with Crippen LogP contribution in [0.3, 0.4) is 0 Å². The fourth-order valence-electron chi connectivity index (χ4n) is 3.50. The summed E-state index contributed by atoms with van der Waals surface area (Å²) in [5.74, 6) is 1.17. The zero-order valence-electron chi connectivity index (χ0n) is 18.3. The number of halogens is 2. The van der Waals surface area contributed by atoms with Gasteiger partial charge in [-0.15, -0.1) is 11.6 Å². The lowest BCUT2D eigenvalue weighted by atomic mass is 10.1. The van der Waals surface area contributed by atoms with Crippen molar-refractivity contribution in [2.75, 3.05) is 5.73 Å². The predicted octanol–water partition coefficient (Wildman–Crippen LogP) is 6.64. The van der Waals surface area contributed by atoms with Gasteiger partial charge >= 0.3 is 0 Å². The lowest BCUT2D eigenvalue weighted by Crippen LogP contribution is -2.02. The third-order valence-corrected chi connectivity index (χ3v) is 5.38. The number of nitrogen functional groups attached to an aromatic ring is 1. The molecule has 3 heterocycles. The average molecular weight is 460 g/mol. The van der Waals surface area contributed by atoms with E-state index in [0.29, 0.717) is 34.2 Å². The molecule has 0 aliphatic carbocycles. The molecule has 0 saturated carbocycles. The van der Waals surface area contributed by atoms with Crippen molar-refractivity contribution in [3.05, 3.63) is 90.4 Å². The minimum absolute atomic E-state index is 0.288. The fourth-order valence-corrected chi connectivity index (χ4v) is 3.68. The molecule has 3 aromatic heterocycles. The molecule has 5 nitrogen and oxygen atoms in total. The van der Waals surface area contributed by atoms with E-state index in [2.05, 4.69) is 4.98 Å². The van der Waals surface area contributed by atoms with Gasteiger partial charge in [-0.1, -0.05) is 26.0 Å². The Balaban J connectivity index is 0.00000126. The number of imidazole rings is 1. The largest absolute Gasteiger partial charge is 0.383 e. The Kier molecular flexibility index (Phi) is 6.66. The van der Waals surface area contributed by atoms with Gasteiger partial charge in [0.05, 0.1) is 11.3 Å². The quantitative estimate of drug-likeness (QED) is 0.306. The summed E-state index contributed by atoms with van der Waals surface area (Å²) in [6.07, 6.45) is 1.64. The predicted molar refractivity (Wildman–Crippen MR) is 133 cm³/mol. The van der Waals surface area contributed by atoms with Gasteiger partial charge in [0.15, 0.2) is 11.5 Å². The van der Waals surface area contributed by atoms with Crippen molar-refractivity contribution in [1.29, 1.82) is 0 Å². The summed E-state index contributed by atoms with van der Waals surface area (Å²) in [5, 5.41) is 0. The molecule has 5 rings (SSSR count). The van der Waals surface area contributed by atoms with Crippen LogP contribution in [-0.2, 0) is 5.88 Å². The first-order valence-corrected chi connectivity index (χ1v) is 11.2. The van der Waals surface area contributed by atoms with E-state index in [4.69, 9.17) is 27.3 Å². The number of nitrogens with zero attached hydrogens (tertiary/aromatic N) is 4. The summed E-state index contributed by atoms with van der Waals surface area (Å²) in [4.78, 5) is 13.9. The molecule has 2 aromatic carbocycles. The summed E-state index contributed by atoms with van der Waals surface area (Å²) in [7, 11) is 0. The normalized spacial score (nSPS) is 10.7. The van der Waals surface area contributed by atoms with Crippen molar-refractivity contribution in [3.8, 4) is 28.3 Å². The maximum Gasteiger partial charge on any atom is 0.165 e. The van der Waals surface area contributed by atoms with Crippen molar-refractivity contribution in [2.45, 2.75) is 19.7 Å². The Morgan fingerprint density at radius 3 is 2.30 bits per heavy atom. The molecule has 0 bridgehead atoms. The molecule has 5 aromatic rings. The van der Waals surface area contributed by atoms with E-state index in [9.17, 15) is 4.39 Å². The molecule has 0 aliphatic heterocycles. The third-order valence-electron chi connectivity index (χ3n) is 5.07. The van der Waals surface area contributed by atoms with Crippen LogP contribution in [0.4, 0.5) is 10.2 Å². The summed E-state index contributed by atoms with van der Waals surface area (Å²) < 4.78 is 15.3. The molecular formula is C26H23ClFN5. The molecule has 0 spiro atoms. The molecule has 33 heavy (non-hydrogen) atoms. The third kappa shape index (κ3) is 4.43. The van der Waals surface area contributed by atoms with Gasteiger partial charge in [0.2, 0.25) is 0 Å². The van der Waals surface area contributed by atoms with Crippen molar-refractivity contribution in [1.82, 2.24) is 19.5 Å². The van der Waals surface area contributed by atoms with Crippen LogP contribution in [0.1, 0.15) is 19.4 Å². The maximum absolute atomic E-state index is 13.4. The molecular weight excluding hydrogens is 437 g/mol. The summed E-state index contributed by atoms with van der Waals surface area (Å²) >= 11 is 5.96. The van der Waals surface area contributed by atoms with E-state index in [0.717, 1.165) is 22.5 Å². The summed E-state index contributed by atoms with van der Waals surface area (Å²) in [5.41, 5.74) is 11.7. The molecule has 0 amide bonds. The lowest BCUT2D eigenvalue weighted by molar-refractivity contribution is 0.628. The first kappa shape index (κ1) is 22.4. The van der Waals surface area contributed by atoms with Crippen LogP contribution in [0.2, 0.25) is 0 Å². The number of rotatable bonds is 4. The van der Waals surface area contributed by atoms with Crippen LogP contribution < -0.4 is 5.73 Å². The number of pyridine rings is 2. The second-order valence-corrected chi connectivity index (χ2v) is 7.32. The average Bonchev–Trinajstić information content (AvgIpc) is 3.24. The topological polar surface area (TPSA) is 69.6 Å². The molecule has 0 aliphatic rings. The van der Waals surface area contributed by atoms with Gasteiger partial charge < -0.3 is 5.73 Å². The van der Waals surface area contributed by atoms with Crippen LogP contribution in [0, 0.1) is 5.82 Å². The molecule has 0 fully saturated rings. The minimum atomic E-state index is -0.288. The SMILES string of the molecule is CC.Nc1ncccc1-c1nc2ccc(-c3ccc(F)cc3)nc2n1-c1ccc(CCl)cc1. The molecule has 0 saturated heterocycles. The van der Waals surface area contributed by atoms with Crippen molar-refractivity contribution >= 4 is 28.6 Å². The van der Waals surface area contributed by atoms with Gasteiger partial charge in [0.25, 0.3) is 0 Å². The highest BCUT2D eigenvalue weighted by molar-refractivity contribution is 6.17. The highest BCUT2D eigenvalue weighted by Gasteiger charge is 2.18. The Bertz CT molecular complexity index is 1380. The van der Waals surface area contributed by atoms with Gasteiger partial charge in [0.1, 0.15) is 17.2 Å². The Labute approximate surface area is 196 Å². The highest BCUT2D eigenvalue weighted by atomic mass is 35.5. The Morgan fingerprint density at radius 1 is 0.909 bits per heavy atom. The van der Waals surface area contributed by atoms with Gasteiger partial charge in [0, 0.05) is 23.3 Å². The first-order valence-electron chi connectivity index (χ1n) is 10.7. The second kappa shape index (κ2) is 9.79. The standard InChI is InChI=1S/C24H17ClFN5.C2H6/c25-14-15-3-9-18(10-4-15)31-23(19-2-1-13-28-22(19)27)30-21-12-11-20(29-24(21)31)16-5-7-17(26)8-6-16;1-2/h1-13H,14H2,(H2,27,28);1-2H3. The van der Waals surface area contributed by atoms with Crippen molar-refractivity contribution in [3.63, 3.8) is 0 Å². The van der Waals surface area contributed by atoms with E-state index in [1.807, 2.05) is 66.9 Å². The second-order valence-electron chi connectivity index (χ2n) is 7.05. The number of fused-ring (bicyclic) bond motifs is 1. The molecule has 0 unspecified atom stereocenters. The smallest absolute Gasteiger partial charge is 0.165 e. The number of nitrogens with two attached hydrogens (primary N) is 1. The van der Waals surface area contributed by atoms with Crippen LogP contribution in [0.15, 0.2) is 79.0 Å². The van der Waals surface area contributed by atoms with E-state index in [1.54, 1.807) is 18.3 Å². The van der Waals surface area contributed by atoms with Crippen molar-refractivity contribution in [2.24, 2.45) is 0 Å². The number of aromatic nitrogens is 4. The zero-order chi connectivity index (χ0) is 23.4.